The maximum atomic E-state index is 13.2. The van der Waals surface area contributed by atoms with Gasteiger partial charge in [0, 0.05) is 57.1 Å². The van der Waals surface area contributed by atoms with Crippen molar-refractivity contribution in [2.75, 3.05) is 45.2 Å². The minimum atomic E-state index is -0.0494. The van der Waals surface area contributed by atoms with Crippen molar-refractivity contribution >= 4 is 17.6 Å². The quantitative estimate of drug-likeness (QED) is 0.782. The molecule has 0 unspecified atom stereocenters. The minimum Gasteiger partial charge on any atom is -0.486 e. The lowest BCUT2D eigenvalue weighted by Gasteiger charge is -2.30. The van der Waals surface area contributed by atoms with Gasteiger partial charge in [0.25, 0.3) is 5.91 Å². The molecule has 9 heteroatoms. The molecule has 0 spiro atoms. The Bertz CT molecular complexity index is 1060. The van der Waals surface area contributed by atoms with E-state index in [1.807, 2.05) is 16.8 Å². The molecule has 1 aromatic heterocycles. The Morgan fingerprint density at radius 1 is 1.09 bits per heavy atom. The first kappa shape index (κ1) is 20.5. The van der Waals surface area contributed by atoms with Gasteiger partial charge in [-0.05, 0) is 24.6 Å². The summed E-state index contributed by atoms with van der Waals surface area (Å²) < 4.78 is 11.2. The van der Waals surface area contributed by atoms with Crippen LogP contribution in [0.3, 0.4) is 0 Å². The molecule has 0 radical (unpaired) electrons. The van der Waals surface area contributed by atoms with E-state index < -0.39 is 0 Å². The Hall–Kier alpha value is -3.36. The molecule has 4 heterocycles. The van der Waals surface area contributed by atoms with Crippen LogP contribution in [0, 0.1) is 0 Å². The molecule has 1 aromatic carbocycles. The van der Waals surface area contributed by atoms with Crippen LogP contribution in [0.15, 0.2) is 18.2 Å². The highest BCUT2D eigenvalue weighted by Gasteiger charge is 2.31. The number of nitrogens with one attached hydrogen (secondary N) is 1. The normalized spacial score (nSPS) is 19.5. The number of hydrogen-bond acceptors (Lipinski definition) is 7. The third kappa shape index (κ3) is 3.72. The first-order chi connectivity index (χ1) is 15.5. The van der Waals surface area contributed by atoms with Gasteiger partial charge in [0.1, 0.15) is 24.9 Å². The SMILES string of the molecule is CNc1nc([C@@H]2CCN(C(C)=O)C2)nc2c1CN(C(=O)c1ccc3c(c1)OCCO3)CC2. The van der Waals surface area contributed by atoms with Crippen LogP contribution in [0.5, 0.6) is 11.5 Å². The molecule has 1 saturated heterocycles. The molecule has 1 atom stereocenters. The lowest BCUT2D eigenvalue weighted by Crippen LogP contribution is -2.37. The second kappa shape index (κ2) is 8.29. The molecule has 2 aromatic rings. The number of likely N-dealkylation sites (tertiary alicyclic amines) is 1. The topological polar surface area (TPSA) is 96.9 Å². The monoisotopic (exact) mass is 437 g/mol. The fourth-order valence-corrected chi connectivity index (χ4v) is 4.61. The number of benzene rings is 1. The van der Waals surface area contributed by atoms with Gasteiger partial charge in [-0.15, -0.1) is 0 Å². The molecule has 0 bridgehead atoms. The Balaban J connectivity index is 1.36. The van der Waals surface area contributed by atoms with E-state index in [4.69, 9.17) is 19.4 Å². The highest BCUT2D eigenvalue weighted by molar-refractivity contribution is 5.95. The van der Waals surface area contributed by atoms with Crippen LogP contribution in [-0.4, -0.2) is 71.5 Å². The van der Waals surface area contributed by atoms with Gasteiger partial charge >= 0.3 is 0 Å². The zero-order valence-corrected chi connectivity index (χ0v) is 18.4. The predicted octanol–water partition coefficient (Wildman–Crippen LogP) is 1.82. The van der Waals surface area contributed by atoms with Gasteiger partial charge in [0.2, 0.25) is 5.91 Å². The van der Waals surface area contributed by atoms with Crippen LogP contribution in [0.4, 0.5) is 5.82 Å². The molecular weight excluding hydrogens is 410 g/mol. The van der Waals surface area contributed by atoms with Crippen LogP contribution >= 0.6 is 0 Å². The van der Waals surface area contributed by atoms with Gasteiger partial charge < -0.3 is 24.6 Å². The van der Waals surface area contributed by atoms with Gasteiger partial charge in [0.05, 0.1) is 12.2 Å². The van der Waals surface area contributed by atoms with Gasteiger partial charge in [-0.2, -0.15) is 0 Å². The number of carbonyl (C=O) groups excluding carboxylic acids is 2. The number of anilines is 1. The first-order valence-electron chi connectivity index (χ1n) is 11.1. The second-order valence-electron chi connectivity index (χ2n) is 8.39. The molecule has 9 nitrogen and oxygen atoms in total. The predicted molar refractivity (Wildman–Crippen MR) is 117 cm³/mol. The van der Waals surface area contributed by atoms with Crippen LogP contribution < -0.4 is 14.8 Å². The Kier molecular flexibility index (Phi) is 5.32. The summed E-state index contributed by atoms with van der Waals surface area (Å²) in [4.78, 5) is 38.2. The van der Waals surface area contributed by atoms with Gasteiger partial charge in [-0.25, -0.2) is 9.97 Å². The van der Waals surface area contributed by atoms with E-state index >= 15 is 0 Å². The third-order valence-corrected chi connectivity index (χ3v) is 6.39. The maximum Gasteiger partial charge on any atom is 0.254 e. The zero-order valence-electron chi connectivity index (χ0n) is 18.4. The van der Waals surface area contributed by atoms with Crippen LogP contribution in [0.2, 0.25) is 0 Å². The molecule has 32 heavy (non-hydrogen) atoms. The molecule has 1 fully saturated rings. The number of aromatic nitrogens is 2. The summed E-state index contributed by atoms with van der Waals surface area (Å²) in [6, 6.07) is 5.33. The molecule has 0 saturated carbocycles. The van der Waals surface area contributed by atoms with Crippen molar-refractivity contribution in [2.24, 2.45) is 0 Å². The molecule has 5 rings (SSSR count). The zero-order chi connectivity index (χ0) is 22.2. The lowest BCUT2D eigenvalue weighted by atomic mass is 10.0. The Morgan fingerprint density at radius 3 is 2.66 bits per heavy atom. The summed E-state index contributed by atoms with van der Waals surface area (Å²) >= 11 is 0. The fourth-order valence-electron chi connectivity index (χ4n) is 4.61. The second-order valence-corrected chi connectivity index (χ2v) is 8.39. The standard InChI is InChI=1S/C23H27N5O4/c1-14(29)27-7-5-16(12-27)21-25-18-6-8-28(13-17(18)22(24-2)26-21)23(30)15-3-4-19-20(11-15)32-10-9-31-19/h3-4,11,16H,5-10,12-13H2,1-2H3,(H,24,25,26)/t16-/m1/s1. The number of ether oxygens (including phenoxy) is 2. The largest absolute Gasteiger partial charge is 0.486 e. The van der Waals surface area contributed by atoms with E-state index in [1.165, 1.54) is 0 Å². The van der Waals surface area contributed by atoms with Crippen molar-refractivity contribution < 1.29 is 19.1 Å². The fraction of sp³-hybridized carbons (Fsp3) is 0.478. The van der Waals surface area contributed by atoms with E-state index in [-0.39, 0.29) is 17.7 Å². The number of hydrogen-bond donors (Lipinski definition) is 1. The average Bonchev–Trinajstić information content (AvgIpc) is 3.33. The average molecular weight is 438 g/mol. The summed E-state index contributed by atoms with van der Waals surface area (Å²) in [6.07, 6.45) is 1.54. The van der Waals surface area contributed by atoms with Gasteiger partial charge in [0.15, 0.2) is 11.5 Å². The lowest BCUT2D eigenvalue weighted by molar-refractivity contribution is -0.127. The van der Waals surface area contributed by atoms with E-state index in [2.05, 4.69) is 5.32 Å². The summed E-state index contributed by atoms with van der Waals surface area (Å²) in [6.45, 7) is 5.04. The Labute approximate surface area is 186 Å². The molecule has 168 valence electrons. The summed E-state index contributed by atoms with van der Waals surface area (Å²) in [5.74, 6) is 3.01. The van der Waals surface area contributed by atoms with Crippen LogP contribution in [0.1, 0.15) is 46.7 Å². The molecule has 3 aliphatic rings. The number of fused-ring (bicyclic) bond motifs is 2. The molecule has 1 N–H and O–H groups in total. The van der Waals surface area contributed by atoms with E-state index in [1.54, 1.807) is 25.1 Å². The van der Waals surface area contributed by atoms with Crippen LogP contribution in [-0.2, 0) is 17.8 Å². The number of rotatable bonds is 3. The van der Waals surface area contributed by atoms with E-state index in [0.29, 0.717) is 56.3 Å². The minimum absolute atomic E-state index is 0.0494. The van der Waals surface area contributed by atoms with Gasteiger partial charge in [-0.3, -0.25) is 9.59 Å². The van der Waals surface area contributed by atoms with Crippen molar-refractivity contribution in [3.63, 3.8) is 0 Å². The molecule has 3 aliphatic heterocycles. The smallest absolute Gasteiger partial charge is 0.254 e. The molecule has 0 aliphatic carbocycles. The Morgan fingerprint density at radius 2 is 1.91 bits per heavy atom. The summed E-state index contributed by atoms with van der Waals surface area (Å²) in [7, 11) is 1.84. The highest BCUT2D eigenvalue weighted by atomic mass is 16.6. The van der Waals surface area contributed by atoms with Crippen molar-refractivity contribution in [3.05, 3.63) is 40.8 Å². The summed E-state index contributed by atoms with van der Waals surface area (Å²) in [5, 5.41) is 3.19. The summed E-state index contributed by atoms with van der Waals surface area (Å²) in [5.41, 5.74) is 2.51. The van der Waals surface area contributed by atoms with Crippen molar-refractivity contribution in [1.29, 1.82) is 0 Å². The highest BCUT2D eigenvalue weighted by Crippen LogP contribution is 2.33. The number of nitrogens with zero attached hydrogens (tertiary/aromatic N) is 4. The molecule has 2 amide bonds. The third-order valence-electron chi connectivity index (χ3n) is 6.39. The number of carbonyl (C=O) groups is 2. The van der Waals surface area contributed by atoms with Crippen LogP contribution in [0.25, 0.3) is 0 Å². The van der Waals surface area contributed by atoms with Crippen molar-refractivity contribution in [3.8, 4) is 11.5 Å². The van der Waals surface area contributed by atoms with E-state index in [0.717, 1.165) is 35.9 Å². The first-order valence-corrected chi connectivity index (χ1v) is 11.1. The molecular formula is C23H27N5O4. The van der Waals surface area contributed by atoms with Gasteiger partial charge in [-0.1, -0.05) is 0 Å². The van der Waals surface area contributed by atoms with Crippen molar-refractivity contribution in [1.82, 2.24) is 19.8 Å². The van der Waals surface area contributed by atoms with Crippen molar-refractivity contribution in [2.45, 2.75) is 32.2 Å². The number of amides is 2. The maximum absolute atomic E-state index is 13.2. The van der Waals surface area contributed by atoms with E-state index in [9.17, 15) is 9.59 Å².